The molecule has 0 saturated heterocycles. The minimum Gasteiger partial charge on any atom is -0.354 e. The van der Waals surface area contributed by atoms with Crippen molar-refractivity contribution in [1.29, 1.82) is 0 Å². The van der Waals surface area contributed by atoms with Gasteiger partial charge in [0.2, 0.25) is 5.91 Å². The van der Waals surface area contributed by atoms with Crippen LogP contribution in [0.15, 0.2) is 0 Å². The molecule has 0 aromatic carbocycles. The first-order chi connectivity index (χ1) is 8.32. The van der Waals surface area contributed by atoms with E-state index in [2.05, 4.69) is 45.3 Å². The summed E-state index contributed by atoms with van der Waals surface area (Å²) in [5.41, 5.74) is 0. The van der Waals surface area contributed by atoms with Crippen LogP contribution in [0.3, 0.4) is 0 Å². The van der Waals surface area contributed by atoms with Crippen molar-refractivity contribution in [3.63, 3.8) is 0 Å². The molecule has 0 aliphatic rings. The second kappa shape index (κ2) is 9.37. The monoisotopic (exact) mass is 256 g/mol. The van der Waals surface area contributed by atoms with Crippen LogP contribution < -0.4 is 10.6 Å². The van der Waals surface area contributed by atoms with Gasteiger partial charge in [0.25, 0.3) is 0 Å². The van der Waals surface area contributed by atoms with Gasteiger partial charge in [0, 0.05) is 12.6 Å². The van der Waals surface area contributed by atoms with Crippen LogP contribution >= 0.6 is 0 Å². The van der Waals surface area contributed by atoms with Gasteiger partial charge in [-0.25, -0.2) is 0 Å². The lowest BCUT2D eigenvalue weighted by molar-refractivity contribution is -0.123. The Bertz CT molecular complexity index is 227. The normalized spacial score (nSPS) is 14.9. The van der Waals surface area contributed by atoms with Gasteiger partial charge in [-0.1, -0.05) is 40.5 Å². The second-order valence-electron chi connectivity index (χ2n) is 6.25. The molecule has 3 heteroatoms. The van der Waals surface area contributed by atoms with E-state index in [1.165, 1.54) is 12.8 Å². The molecule has 0 aliphatic carbocycles. The minimum atomic E-state index is -0.0993. The zero-order chi connectivity index (χ0) is 14.1. The molecule has 18 heavy (non-hydrogen) atoms. The van der Waals surface area contributed by atoms with E-state index in [0.29, 0.717) is 12.0 Å². The fourth-order valence-corrected chi connectivity index (χ4v) is 1.88. The molecule has 2 unspecified atom stereocenters. The van der Waals surface area contributed by atoms with E-state index in [-0.39, 0.29) is 11.9 Å². The maximum Gasteiger partial charge on any atom is 0.236 e. The molecule has 0 aliphatic heterocycles. The van der Waals surface area contributed by atoms with Gasteiger partial charge in [0.05, 0.1) is 6.04 Å². The van der Waals surface area contributed by atoms with Gasteiger partial charge >= 0.3 is 0 Å². The van der Waals surface area contributed by atoms with Crippen molar-refractivity contribution in [1.82, 2.24) is 10.6 Å². The Kier molecular flexibility index (Phi) is 9.08. The number of nitrogens with one attached hydrogen (secondary N) is 2. The molecule has 0 saturated carbocycles. The van der Waals surface area contributed by atoms with Crippen LogP contribution in [0.5, 0.6) is 0 Å². The summed E-state index contributed by atoms with van der Waals surface area (Å²) in [4.78, 5) is 11.8. The van der Waals surface area contributed by atoms with Crippen LogP contribution in [0.1, 0.15) is 60.8 Å². The fraction of sp³-hybridized carbons (Fsp3) is 0.933. The maximum atomic E-state index is 11.8. The van der Waals surface area contributed by atoms with E-state index < -0.39 is 0 Å². The highest BCUT2D eigenvalue weighted by atomic mass is 16.2. The largest absolute Gasteiger partial charge is 0.354 e. The third-order valence-electron chi connectivity index (χ3n) is 3.03. The average Bonchev–Trinajstić information content (AvgIpc) is 2.24. The fourth-order valence-electron chi connectivity index (χ4n) is 1.88. The summed E-state index contributed by atoms with van der Waals surface area (Å²) in [5.74, 6) is 1.38. The van der Waals surface area contributed by atoms with Crippen molar-refractivity contribution in [2.75, 3.05) is 6.54 Å². The molecule has 2 atom stereocenters. The van der Waals surface area contributed by atoms with Crippen LogP contribution in [0.4, 0.5) is 0 Å². The number of amides is 1. The van der Waals surface area contributed by atoms with E-state index in [9.17, 15) is 4.79 Å². The topological polar surface area (TPSA) is 41.1 Å². The number of carbonyl (C=O) groups is 1. The van der Waals surface area contributed by atoms with Crippen LogP contribution in [0, 0.1) is 11.8 Å². The number of rotatable bonds is 9. The van der Waals surface area contributed by atoms with Crippen LogP contribution in [0.25, 0.3) is 0 Å². The first-order valence-electron chi connectivity index (χ1n) is 7.36. The zero-order valence-corrected chi connectivity index (χ0v) is 13.0. The Hall–Kier alpha value is -0.570. The van der Waals surface area contributed by atoms with Crippen molar-refractivity contribution < 1.29 is 4.79 Å². The standard InChI is InChI=1S/C15H32N2O/c1-11(2)8-7-9-13(5)17-14(6)15(18)16-10-12(3)4/h11-14,17H,7-10H2,1-6H3,(H,16,18). The Morgan fingerprint density at radius 2 is 1.56 bits per heavy atom. The molecule has 0 aromatic rings. The molecule has 0 rings (SSSR count). The average molecular weight is 256 g/mol. The van der Waals surface area contributed by atoms with Crippen LogP contribution in [0.2, 0.25) is 0 Å². The minimum absolute atomic E-state index is 0.0993. The summed E-state index contributed by atoms with van der Waals surface area (Å²) in [5, 5.41) is 6.33. The van der Waals surface area contributed by atoms with Crippen molar-refractivity contribution in [2.24, 2.45) is 11.8 Å². The molecule has 3 nitrogen and oxygen atoms in total. The highest BCUT2D eigenvalue weighted by Gasteiger charge is 2.14. The molecular formula is C15H32N2O. The predicted octanol–water partition coefficient (Wildman–Crippen LogP) is 2.95. The predicted molar refractivity (Wildman–Crippen MR) is 78.6 cm³/mol. The summed E-state index contributed by atoms with van der Waals surface area (Å²) >= 11 is 0. The van der Waals surface area contributed by atoms with E-state index in [1.54, 1.807) is 0 Å². The Morgan fingerprint density at radius 1 is 0.944 bits per heavy atom. The molecule has 1 amide bonds. The molecular weight excluding hydrogens is 224 g/mol. The molecule has 0 bridgehead atoms. The third-order valence-corrected chi connectivity index (χ3v) is 3.03. The van der Waals surface area contributed by atoms with Gasteiger partial charge in [-0.15, -0.1) is 0 Å². The Morgan fingerprint density at radius 3 is 2.06 bits per heavy atom. The van der Waals surface area contributed by atoms with Gasteiger partial charge in [-0.05, 0) is 32.1 Å². The van der Waals surface area contributed by atoms with Crippen LogP contribution in [-0.4, -0.2) is 24.5 Å². The van der Waals surface area contributed by atoms with Gasteiger partial charge in [0.1, 0.15) is 0 Å². The third kappa shape index (κ3) is 9.46. The lowest BCUT2D eigenvalue weighted by Crippen LogP contribution is -2.46. The number of carbonyl (C=O) groups excluding carboxylic acids is 1. The second-order valence-corrected chi connectivity index (χ2v) is 6.25. The smallest absolute Gasteiger partial charge is 0.236 e. The molecule has 108 valence electrons. The number of hydrogen-bond donors (Lipinski definition) is 2. The van der Waals surface area contributed by atoms with E-state index in [1.807, 2.05) is 6.92 Å². The van der Waals surface area contributed by atoms with E-state index in [0.717, 1.165) is 18.9 Å². The summed E-state index contributed by atoms with van der Waals surface area (Å²) in [6.07, 6.45) is 3.63. The van der Waals surface area contributed by atoms with Gasteiger partial charge in [0.15, 0.2) is 0 Å². The van der Waals surface area contributed by atoms with Gasteiger partial charge in [-0.3, -0.25) is 4.79 Å². The SMILES string of the molecule is CC(C)CCCC(C)NC(C)C(=O)NCC(C)C. The quantitative estimate of drug-likeness (QED) is 0.666. The number of hydrogen-bond acceptors (Lipinski definition) is 2. The van der Waals surface area contributed by atoms with Gasteiger partial charge in [-0.2, -0.15) is 0 Å². The molecule has 0 heterocycles. The lowest BCUT2D eigenvalue weighted by atomic mass is 10.0. The Balaban J connectivity index is 3.77. The van der Waals surface area contributed by atoms with Crippen molar-refractivity contribution in [3.8, 4) is 0 Å². The maximum absolute atomic E-state index is 11.8. The van der Waals surface area contributed by atoms with E-state index in [4.69, 9.17) is 0 Å². The van der Waals surface area contributed by atoms with Crippen LogP contribution in [-0.2, 0) is 4.79 Å². The summed E-state index contributed by atoms with van der Waals surface area (Å²) in [6, 6.07) is 0.307. The zero-order valence-electron chi connectivity index (χ0n) is 13.0. The molecule has 0 aromatic heterocycles. The summed E-state index contributed by atoms with van der Waals surface area (Å²) in [7, 11) is 0. The Labute approximate surface area is 113 Å². The summed E-state index contributed by atoms with van der Waals surface area (Å²) in [6.45, 7) is 13.6. The first-order valence-corrected chi connectivity index (χ1v) is 7.36. The molecule has 0 spiro atoms. The highest BCUT2D eigenvalue weighted by Crippen LogP contribution is 2.08. The highest BCUT2D eigenvalue weighted by molar-refractivity contribution is 5.81. The van der Waals surface area contributed by atoms with Crippen molar-refractivity contribution >= 4 is 5.91 Å². The lowest BCUT2D eigenvalue weighted by Gasteiger charge is -2.20. The van der Waals surface area contributed by atoms with E-state index >= 15 is 0 Å². The van der Waals surface area contributed by atoms with Crippen molar-refractivity contribution in [2.45, 2.75) is 72.9 Å². The first kappa shape index (κ1) is 17.4. The molecule has 2 N–H and O–H groups in total. The molecule has 0 fully saturated rings. The van der Waals surface area contributed by atoms with Gasteiger partial charge < -0.3 is 10.6 Å². The van der Waals surface area contributed by atoms with Crippen molar-refractivity contribution in [3.05, 3.63) is 0 Å². The summed E-state index contributed by atoms with van der Waals surface area (Å²) < 4.78 is 0. The molecule has 0 radical (unpaired) electrons.